The van der Waals surface area contributed by atoms with Gasteiger partial charge in [-0.05, 0) is 56.1 Å². The third kappa shape index (κ3) is 6.03. The minimum Gasteiger partial charge on any atom is -0.466 e. The first-order chi connectivity index (χ1) is 13.0. The molecule has 0 saturated carbocycles. The van der Waals surface area contributed by atoms with Crippen LogP contribution in [0.2, 0.25) is 5.02 Å². The van der Waals surface area contributed by atoms with Crippen molar-refractivity contribution in [1.29, 1.82) is 0 Å². The van der Waals surface area contributed by atoms with Gasteiger partial charge in [-0.25, -0.2) is 4.39 Å². The highest BCUT2D eigenvalue weighted by Crippen LogP contribution is 2.26. The van der Waals surface area contributed by atoms with Crippen molar-refractivity contribution < 1.29 is 19.0 Å². The molecule has 0 aliphatic heterocycles. The van der Waals surface area contributed by atoms with Crippen molar-refractivity contribution in [3.8, 4) is 11.1 Å². The summed E-state index contributed by atoms with van der Waals surface area (Å²) in [5, 5.41) is 13.1. The molecule has 0 fully saturated rings. The number of ether oxygens (including phenoxy) is 1. The molecule has 4 nitrogen and oxygen atoms in total. The van der Waals surface area contributed by atoms with Crippen molar-refractivity contribution in [2.24, 2.45) is 5.92 Å². The van der Waals surface area contributed by atoms with Crippen molar-refractivity contribution in [3.05, 3.63) is 58.9 Å². The van der Waals surface area contributed by atoms with E-state index in [1.807, 2.05) is 31.3 Å². The van der Waals surface area contributed by atoms with Crippen LogP contribution in [0, 0.1) is 11.7 Å². The molecule has 2 unspecified atom stereocenters. The predicted molar refractivity (Wildman–Crippen MR) is 105 cm³/mol. The van der Waals surface area contributed by atoms with Crippen molar-refractivity contribution >= 4 is 17.6 Å². The molecule has 0 spiro atoms. The van der Waals surface area contributed by atoms with Gasteiger partial charge in [0.15, 0.2) is 0 Å². The fraction of sp³-hybridized carbons (Fsp3) is 0.381. The number of aliphatic hydroxyl groups excluding tert-OH is 1. The van der Waals surface area contributed by atoms with Crippen LogP contribution in [0.25, 0.3) is 11.1 Å². The first-order valence-corrected chi connectivity index (χ1v) is 9.35. The Balaban J connectivity index is 2.07. The van der Waals surface area contributed by atoms with Crippen molar-refractivity contribution in [3.63, 3.8) is 0 Å². The maximum absolute atomic E-state index is 14.0. The topological polar surface area (TPSA) is 58.6 Å². The van der Waals surface area contributed by atoms with E-state index in [2.05, 4.69) is 5.32 Å². The summed E-state index contributed by atoms with van der Waals surface area (Å²) in [7, 11) is 1.82. The highest BCUT2D eigenvalue weighted by Gasteiger charge is 2.23. The van der Waals surface area contributed by atoms with E-state index in [0.29, 0.717) is 30.0 Å². The minimum absolute atomic E-state index is 0.000289. The molecule has 2 atom stereocenters. The third-order valence-electron chi connectivity index (χ3n) is 4.49. The number of hydrogen-bond acceptors (Lipinski definition) is 4. The Hall–Kier alpha value is -1.95. The molecule has 0 bridgehead atoms. The summed E-state index contributed by atoms with van der Waals surface area (Å²) in [5.74, 6) is -1.25. The molecule has 2 aromatic carbocycles. The molecule has 2 N–H and O–H groups in total. The predicted octanol–water partition coefficient (Wildman–Crippen LogP) is 3.84. The molecule has 0 aliphatic rings. The SMILES string of the molecule is CCOC(=O)C(CO)CC(Cc1ccc(-c2cc(Cl)ccc2F)cc1)NC. The second kappa shape index (κ2) is 10.4. The normalized spacial score (nSPS) is 13.2. The summed E-state index contributed by atoms with van der Waals surface area (Å²) in [6.45, 7) is 1.79. The van der Waals surface area contributed by atoms with E-state index in [1.54, 1.807) is 13.0 Å². The Kier molecular flexibility index (Phi) is 8.23. The van der Waals surface area contributed by atoms with E-state index in [0.717, 1.165) is 11.1 Å². The number of rotatable bonds is 9. The van der Waals surface area contributed by atoms with Gasteiger partial charge in [0.25, 0.3) is 0 Å². The van der Waals surface area contributed by atoms with Gasteiger partial charge in [-0.2, -0.15) is 0 Å². The number of aliphatic hydroxyl groups is 1. The van der Waals surface area contributed by atoms with Gasteiger partial charge >= 0.3 is 5.97 Å². The van der Waals surface area contributed by atoms with Crippen molar-refractivity contribution in [1.82, 2.24) is 5.32 Å². The van der Waals surface area contributed by atoms with Crippen LogP contribution in [0.4, 0.5) is 4.39 Å². The Morgan fingerprint density at radius 1 is 1.26 bits per heavy atom. The monoisotopic (exact) mass is 393 g/mol. The molecule has 0 radical (unpaired) electrons. The number of benzene rings is 2. The zero-order chi connectivity index (χ0) is 19.8. The highest BCUT2D eigenvalue weighted by atomic mass is 35.5. The molecule has 0 aromatic heterocycles. The smallest absolute Gasteiger partial charge is 0.311 e. The lowest BCUT2D eigenvalue weighted by Crippen LogP contribution is -2.34. The average Bonchev–Trinajstić information content (AvgIpc) is 2.67. The van der Waals surface area contributed by atoms with Crippen molar-refractivity contribution in [2.75, 3.05) is 20.3 Å². The number of likely N-dealkylation sites (N-methyl/N-ethyl adjacent to an activating group) is 1. The van der Waals surface area contributed by atoms with Gasteiger partial charge in [0.2, 0.25) is 0 Å². The third-order valence-corrected chi connectivity index (χ3v) is 4.73. The first-order valence-electron chi connectivity index (χ1n) is 8.97. The van der Waals surface area contributed by atoms with Gasteiger partial charge in [-0.15, -0.1) is 0 Å². The summed E-state index contributed by atoms with van der Waals surface area (Å²) in [6.07, 6.45) is 1.14. The Bertz CT molecular complexity index is 752. The van der Waals surface area contributed by atoms with Crippen LogP contribution in [-0.2, 0) is 16.0 Å². The van der Waals surface area contributed by atoms with E-state index in [9.17, 15) is 14.3 Å². The lowest BCUT2D eigenvalue weighted by Gasteiger charge is -2.21. The lowest BCUT2D eigenvalue weighted by molar-refractivity contribution is -0.149. The number of carbonyl (C=O) groups is 1. The summed E-state index contributed by atoms with van der Waals surface area (Å²) < 4.78 is 19.0. The second-order valence-electron chi connectivity index (χ2n) is 6.38. The van der Waals surface area contributed by atoms with Crippen LogP contribution < -0.4 is 5.32 Å². The summed E-state index contributed by atoms with van der Waals surface area (Å²) >= 11 is 5.96. The molecule has 0 amide bonds. The maximum atomic E-state index is 14.0. The number of esters is 1. The molecular weight excluding hydrogens is 369 g/mol. The maximum Gasteiger partial charge on any atom is 0.311 e. The largest absolute Gasteiger partial charge is 0.466 e. The molecule has 0 heterocycles. The number of hydrogen-bond donors (Lipinski definition) is 2. The molecule has 2 rings (SSSR count). The van der Waals surface area contributed by atoms with E-state index < -0.39 is 5.92 Å². The lowest BCUT2D eigenvalue weighted by atomic mass is 9.94. The van der Waals surface area contributed by atoms with Gasteiger partial charge in [-0.1, -0.05) is 35.9 Å². The van der Waals surface area contributed by atoms with E-state index in [1.165, 1.54) is 12.1 Å². The van der Waals surface area contributed by atoms with Crippen LogP contribution in [0.5, 0.6) is 0 Å². The minimum atomic E-state index is -0.553. The quantitative estimate of drug-likeness (QED) is 0.635. The number of halogens is 2. The number of nitrogens with one attached hydrogen (secondary N) is 1. The molecule has 0 aliphatic carbocycles. The van der Waals surface area contributed by atoms with E-state index >= 15 is 0 Å². The standard InChI is InChI=1S/C21H25ClFNO3/c1-3-27-21(26)16(13-25)11-18(24-2)10-14-4-6-15(7-5-14)19-12-17(22)8-9-20(19)23/h4-9,12,16,18,24-25H,3,10-11,13H2,1-2H3. The van der Waals surface area contributed by atoms with Gasteiger partial charge in [0.1, 0.15) is 5.82 Å². The fourth-order valence-electron chi connectivity index (χ4n) is 2.98. The zero-order valence-corrected chi connectivity index (χ0v) is 16.3. The highest BCUT2D eigenvalue weighted by molar-refractivity contribution is 6.30. The van der Waals surface area contributed by atoms with Crippen LogP contribution in [0.1, 0.15) is 18.9 Å². The van der Waals surface area contributed by atoms with E-state index in [-0.39, 0.29) is 24.4 Å². The second-order valence-corrected chi connectivity index (χ2v) is 6.81. The van der Waals surface area contributed by atoms with Gasteiger partial charge in [0.05, 0.1) is 19.1 Å². The molecule has 6 heteroatoms. The molecule has 0 saturated heterocycles. The Morgan fingerprint density at radius 3 is 2.56 bits per heavy atom. The first kappa shape index (κ1) is 21.4. The molecular formula is C21H25ClFNO3. The average molecular weight is 394 g/mol. The zero-order valence-electron chi connectivity index (χ0n) is 15.5. The molecule has 2 aromatic rings. The Morgan fingerprint density at radius 2 is 1.96 bits per heavy atom. The number of carbonyl (C=O) groups excluding carboxylic acids is 1. The summed E-state index contributed by atoms with van der Waals surface area (Å²) in [4.78, 5) is 11.9. The molecule has 27 heavy (non-hydrogen) atoms. The Labute approximate surface area is 164 Å². The van der Waals surface area contributed by atoms with Crippen LogP contribution in [0.15, 0.2) is 42.5 Å². The van der Waals surface area contributed by atoms with Crippen LogP contribution >= 0.6 is 11.6 Å². The summed E-state index contributed by atoms with van der Waals surface area (Å²) in [6, 6.07) is 12.0. The van der Waals surface area contributed by atoms with E-state index in [4.69, 9.17) is 16.3 Å². The van der Waals surface area contributed by atoms with Crippen molar-refractivity contribution in [2.45, 2.75) is 25.8 Å². The fourth-order valence-corrected chi connectivity index (χ4v) is 3.15. The summed E-state index contributed by atoms with van der Waals surface area (Å²) in [5.41, 5.74) is 2.25. The molecule has 146 valence electrons. The van der Waals surface area contributed by atoms with Crippen LogP contribution in [-0.4, -0.2) is 37.4 Å². The van der Waals surface area contributed by atoms with Gasteiger partial charge in [-0.3, -0.25) is 4.79 Å². The van der Waals surface area contributed by atoms with Gasteiger partial charge in [0, 0.05) is 16.6 Å². The van der Waals surface area contributed by atoms with Crippen LogP contribution in [0.3, 0.4) is 0 Å². The van der Waals surface area contributed by atoms with Gasteiger partial charge < -0.3 is 15.2 Å².